The van der Waals surface area contributed by atoms with Crippen LogP contribution in [0.15, 0.2) is 103 Å². The smallest absolute Gasteiger partial charge is 0.254 e. The highest BCUT2D eigenvalue weighted by Gasteiger charge is 2.20. The number of amides is 1. The third kappa shape index (κ3) is 5.28. The van der Waals surface area contributed by atoms with E-state index < -0.39 is 0 Å². The number of ether oxygens (including phenoxy) is 2. The van der Waals surface area contributed by atoms with E-state index in [2.05, 4.69) is 58.4 Å². The monoisotopic (exact) mass is 547 g/mol. The lowest BCUT2D eigenvalue weighted by molar-refractivity contribution is 0.0744. The van der Waals surface area contributed by atoms with Crippen molar-refractivity contribution in [3.05, 3.63) is 119 Å². The average molecular weight is 548 g/mol. The number of thiazole rings is 1. The zero-order valence-corrected chi connectivity index (χ0v) is 23.2. The molecule has 0 aliphatic carbocycles. The third-order valence-electron chi connectivity index (χ3n) is 7.07. The standard InChI is InChI=1S/C33H29N3O3S/c1-38-29-17-27(18-30(19-29)39-2)32(37)35(20-23-8-4-3-5-9-23)15-14-28-22-40-33-34-31(21-36(28)33)26-13-12-24-10-6-7-11-25(24)16-26/h3-13,16-19,21-22H,14-15,20H2,1-2H3. The highest BCUT2D eigenvalue weighted by molar-refractivity contribution is 7.15. The molecule has 2 aromatic heterocycles. The van der Waals surface area contributed by atoms with Crippen LogP contribution < -0.4 is 9.47 Å². The second-order valence-electron chi connectivity index (χ2n) is 9.63. The maximum absolute atomic E-state index is 13.8. The number of benzene rings is 4. The molecule has 0 atom stereocenters. The second-order valence-corrected chi connectivity index (χ2v) is 10.5. The van der Waals surface area contributed by atoms with Crippen LogP contribution in [0.1, 0.15) is 21.6 Å². The van der Waals surface area contributed by atoms with Crippen molar-refractivity contribution in [2.75, 3.05) is 20.8 Å². The summed E-state index contributed by atoms with van der Waals surface area (Å²) in [5.74, 6) is 1.10. The van der Waals surface area contributed by atoms with E-state index in [1.807, 2.05) is 35.2 Å². The number of rotatable bonds is 9. The molecular weight excluding hydrogens is 518 g/mol. The van der Waals surface area contributed by atoms with Gasteiger partial charge in [-0.3, -0.25) is 9.20 Å². The van der Waals surface area contributed by atoms with E-state index in [-0.39, 0.29) is 5.91 Å². The summed E-state index contributed by atoms with van der Waals surface area (Å²) in [6, 6.07) is 30.1. The van der Waals surface area contributed by atoms with Gasteiger partial charge >= 0.3 is 0 Å². The fourth-order valence-corrected chi connectivity index (χ4v) is 5.82. The first-order valence-corrected chi connectivity index (χ1v) is 14.0. The molecule has 0 bridgehead atoms. The quantitative estimate of drug-likeness (QED) is 0.193. The normalized spacial score (nSPS) is 11.2. The minimum absolute atomic E-state index is 0.0741. The zero-order valence-electron chi connectivity index (χ0n) is 22.4. The molecule has 2 heterocycles. The first kappa shape index (κ1) is 25.6. The van der Waals surface area contributed by atoms with Gasteiger partial charge < -0.3 is 14.4 Å². The number of aromatic nitrogens is 2. The Morgan fingerprint density at radius 3 is 2.35 bits per heavy atom. The molecule has 200 valence electrons. The van der Waals surface area contributed by atoms with E-state index in [0.717, 1.165) is 27.5 Å². The van der Waals surface area contributed by atoms with Gasteiger partial charge in [0.2, 0.25) is 0 Å². The largest absolute Gasteiger partial charge is 0.497 e. The highest BCUT2D eigenvalue weighted by atomic mass is 32.1. The molecule has 0 radical (unpaired) electrons. The Balaban J connectivity index is 1.27. The molecule has 0 unspecified atom stereocenters. The van der Waals surface area contributed by atoms with Crippen LogP contribution >= 0.6 is 11.3 Å². The number of hydrogen-bond acceptors (Lipinski definition) is 5. The van der Waals surface area contributed by atoms with Gasteiger partial charge in [0.25, 0.3) is 5.91 Å². The van der Waals surface area contributed by atoms with E-state index in [9.17, 15) is 4.79 Å². The zero-order chi connectivity index (χ0) is 27.5. The summed E-state index contributed by atoms with van der Waals surface area (Å²) in [6.45, 7) is 1.04. The fourth-order valence-electron chi connectivity index (χ4n) is 4.92. The van der Waals surface area contributed by atoms with Crippen LogP contribution in [0.3, 0.4) is 0 Å². The fraction of sp³-hybridized carbons (Fsp3) is 0.152. The molecule has 7 heteroatoms. The maximum atomic E-state index is 13.8. The van der Waals surface area contributed by atoms with Crippen LogP contribution in [0.25, 0.3) is 27.0 Å². The Morgan fingerprint density at radius 2 is 1.60 bits per heavy atom. The minimum Gasteiger partial charge on any atom is -0.497 e. The van der Waals surface area contributed by atoms with Crippen LogP contribution in [0.2, 0.25) is 0 Å². The van der Waals surface area contributed by atoms with Gasteiger partial charge in [0.1, 0.15) is 11.5 Å². The van der Waals surface area contributed by atoms with E-state index >= 15 is 0 Å². The number of fused-ring (bicyclic) bond motifs is 2. The lowest BCUT2D eigenvalue weighted by Crippen LogP contribution is -2.32. The molecule has 0 aliphatic rings. The van der Waals surface area contributed by atoms with E-state index in [1.54, 1.807) is 43.8 Å². The number of carbonyl (C=O) groups excluding carboxylic acids is 1. The summed E-state index contributed by atoms with van der Waals surface area (Å²) < 4.78 is 13.0. The first-order valence-electron chi connectivity index (χ1n) is 13.1. The van der Waals surface area contributed by atoms with Gasteiger partial charge in [-0.15, -0.1) is 11.3 Å². The summed E-state index contributed by atoms with van der Waals surface area (Å²) in [4.78, 5) is 21.5. The number of imidazole rings is 1. The van der Waals surface area contributed by atoms with Gasteiger partial charge in [-0.1, -0.05) is 66.7 Å². The molecule has 6 aromatic rings. The molecule has 6 nitrogen and oxygen atoms in total. The molecule has 0 saturated carbocycles. The third-order valence-corrected chi connectivity index (χ3v) is 7.96. The van der Waals surface area contributed by atoms with Crippen molar-refractivity contribution in [3.63, 3.8) is 0 Å². The SMILES string of the molecule is COc1cc(OC)cc(C(=O)N(CCc2csc3nc(-c4ccc5ccccc5c4)cn23)Cc2ccccc2)c1. The molecule has 0 aliphatic heterocycles. The van der Waals surface area contributed by atoms with Crippen molar-refractivity contribution >= 4 is 33.0 Å². The van der Waals surface area contributed by atoms with Crippen molar-refractivity contribution in [2.24, 2.45) is 0 Å². The molecule has 1 amide bonds. The Hall–Kier alpha value is -4.62. The summed E-state index contributed by atoms with van der Waals surface area (Å²) in [6.07, 6.45) is 2.79. The molecule has 0 spiro atoms. The van der Waals surface area contributed by atoms with E-state index in [0.29, 0.717) is 36.6 Å². The van der Waals surface area contributed by atoms with Gasteiger partial charge in [-0.25, -0.2) is 4.98 Å². The molecule has 4 aromatic carbocycles. The van der Waals surface area contributed by atoms with Crippen molar-refractivity contribution in [3.8, 4) is 22.8 Å². The lowest BCUT2D eigenvalue weighted by Gasteiger charge is -2.23. The summed E-state index contributed by atoms with van der Waals surface area (Å²) in [7, 11) is 3.17. The van der Waals surface area contributed by atoms with Gasteiger partial charge in [0.15, 0.2) is 4.96 Å². The topological polar surface area (TPSA) is 56.1 Å². The van der Waals surface area contributed by atoms with Crippen molar-refractivity contribution in [1.29, 1.82) is 0 Å². The number of nitrogens with zero attached hydrogens (tertiary/aromatic N) is 3. The van der Waals surface area contributed by atoms with Crippen molar-refractivity contribution in [2.45, 2.75) is 13.0 Å². The number of hydrogen-bond donors (Lipinski definition) is 0. The number of methoxy groups -OCH3 is 2. The lowest BCUT2D eigenvalue weighted by atomic mass is 10.1. The molecule has 6 rings (SSSR count). The summed E-state index contributed by atoms with van der Waals surface area (Å²) in [5, 5.41) is 4.54. The van der Waals surface area contributed by atoms with Crippen LogP contribution in [0.4, 0.5) is 0 Å². The van der Waals surface area contributed by atoms with E-state index in [1.165, 1.54) is 10.8 Å². The van der Waals surface area contributed by atoms with Gasteiger partial charge in [-0.2, -0.15) is 0 Å². The molecule has 0 saturated heterocycles. The first-order chi connectivity index (χ1) is 19.6. The van der Waals surface area contributed by atoms with Crippen LogP contribution in [-0.2, 0) is 13.0 Å². The summed E-state index contributed by atoms with van der Waals surface area (Å²) >= 11 is 1.62. The van der Waals surface area contributed by atoms with Gasteiger partial charge in [0.05, 0.1) is 19.9 Å². The van der Waals surface area contributed by atoms with Gasteiger partial charge in [0, 0.05) is 54.0 Å². The van der Waals surface area contributed by atoms with Crippen LogP contribution in [-0.4, -0.2) is 41.0 Å². The molecular formula is C33H29N3O3S. The highest BCUT2D eigenvalue weighted by Crippen LogP contribution is 2.28. The van der Waals surface area contributed by atoms with Crippen molar-refractivity contribution in [1.82, 2.24) is 14.3 Å². The van der Waals surface area contributed by atoms with Crippen LogP contribution in [0, 0.1) is 0 Å². The predicted molar refractivity (Wildman–Crippen MR) is 160 cm³/mol. The Morgan fingerprint density at radius 1 is 0.875 bits per heavy atom. The molecule has 40 heavy (non-hydrogen) atoms. The summed E-state index contributed by atoms with van der Waals surface area (Å²) in [5.41, 5.74) is 4.76. The van der Waals surface area contributed by atoms with E-state index in [4.69, 9.17) is 14.5 Å². The second kappa shape index (κ2) is 11.2. The predicted octanol–water partition coefficient (Wildman–Crippen LogP) is 7.12. The maximum Gasteiger partial charge on any atom is 0.254 e. The molecule has 0 N–H and O–H groups in total. The van der Waals surface area contributed by atoms with Gasteiger partial charge in [-0.05, 0) is 34.5 Å². The Kier molecular flexibility index (Phi) is 7.21. The van der Waals surface area contributed by atoms with Crippen LogP contribution in [0.5, 0.6) is 11.5 Å². The number of carbonyl (C=O) groups is 1. The minimum atomic E-state index is -0.0741. The Labute approximate surface area is 237 Å². The average Bonchev–Trinajstić information content (AvgIpc) is 3.60. The van der Waals surface area contributed by atoms with Crippen molar-refractivity contribution < 1.29 is 14.3 Å². The Bertz CT molecular complexity index is 1770. The molecule has 0 fully saturated rings.